The number of benzene rings is 1. The first kappa shape index (κ1) is 8.03. The van der Waals surface area contributed by atoms with E-state index < -0.39 is 0 Å². The van der Waals surface area contributed by atoms with E-state index in [0.717, 1.165) is 23.1 Å². The number of carbonyl (C=O) groups is 1. The molecule has 0 amide bonds. The minimum absolute atomic E-state index is 0.231. The van der Waals surface area contributed by atoms with E-state index in [1.54, 1.807) is 0 Å². The van der Waals surface area contributed by atoms with Crippen LogP contribution in [0.25, 0.3) is 5.57 Å². The summed E-state index contributed by atoms with van der Waals surface area (Å²) in [5, 5.41) is 0. The lowest BCUT2D eigenvalue weighted by atomic mass is 9.87. The van der Waals surface area contributed by atoms with E-state index in [2.05, 4.69) is 12.3 Å². The summed E-state index contributed by atoms with van der Waals surface area (Å²) in [6.45, 7) is 3.63. The van der Waals surface area contributed by atoms with E-state index in [-0.39, 0.29) is 5.78 Å². The molecule has 0 radical (unpaired) electrons. The molecule has 0 bridgehead atoms. The minimum Gasteiger partial charge on any atom is -0.294 e. The smallest absolute Gasteiger partial charge is 0.163 e. The summed E-state index contributed by atoms with van der Waals surface area (Å²) in [6, 6.07) is 7.66. The minimum atomic E-state index is 0.231. The summed E-state index contributed by atoms with van der Waals surface area (Å²) in [7, 11) is 0. The van der Waals surface area contributed by atoms with Crippen LogP contribution >= 0.6 is 0 Å². The maximum Gasteiger partial charge on any atom is 0.163 e. The van der Waals surface area contributed by atoms with Crippen molar-refractivity contribution in [2.45, 2.75) is 12.8 Å². The molecule has 1 aromatic rings. The van der Waals surface area contributed by atoms with Crippen LogP contribution in [0.5, 0.6) is 0 Å². The first-order chi connectivity index (χ1) is 6.33. The Morgan fingerprint density at radius 1 is 1.15 bits per heavy atom. The number of Topliss-reactive ketones (excluding diaryl/α,β-unsaturated/α-hetero) is 1. The van der Waals surface area contributed by atoms with Crippen LogP contribution in [0.15, 0.2) is 36.6 Å². The fourth-order valence-electron chi connectivity index (χ4n) is 1.68. The molecule has 0 heterocycles. The molecule has 0 fully saturated rings. The molecular formula is C12H10O. The SMILES string of the molecule is C=C=C1CCC(=O)c2ccccc21. The molecule has 0 aliphatic heterocycles. The molecule has 1 heteroatoms. The molecule has 64 valence electrons. The summed E-state index contributed by atoms with van der Waals surface area (Å²) in [5.41, 5.74) is 5.79. The first-order valence-electron chi connectivity index (χ1n) is 4.34. The zero-order valence-corrected chi connectivity index (χ0v) is 7.34. The Bertz CT molecular complexity index is 409. The van der Waals surface area contributed by atoms with Crippen molar-refractivity contribution >= 4 is 11.4 Å². The van der Waals surface area contributed by atoms with Crippen molar-refractivity contribution < 1.29 is 4.79 Å². The molecule has 0 saturated carbocycles. The number of ketones is 1. The van der Waals surface area contributed by atoms with Crippen LogP contribution in [0.3, 0.4) is 0 Å². The highest BCUT2D eigenvalue weighted by atomic mass is 16.1. The van der Waals surface area contributed by atoms with E-state index in [9.17, 15) is 4.79 Å². The maximum absolute atomic E-state index is 11.5. The zero-order chi connectivity index (χ0) is 9.26. The highest BCUT2D eigenvalue weighted by molar-refractivity contribution is 6.03. The summed E-state index contributed by atoms with van der Waals surface area (Å²) in [6.07, 6.45) is 1.37. The molecule has 1 aliphatic carbocycles. The van der Waals surface area contributed by atoms with Gasteiger partial charge in [0.1, 0.15) is 0 Å². The molecule has 13 heavy (non-hydrogen) atoms. The van der Waals surface area contributed by atoms with Crippen molar-refractivity contribution in [1.29, 1.82) is 0 Å². The number of hydrogen-bond donors (Lipinski definition) is 0. The van der Waals surface area contributed by atoms with Gasteiger partial charge in [0.25, 0.3) is 0 Å². The third-order valence-electron chi connectivity index (χ3n) is 2.37. The summed E-state index contributed by atoms with van der Waals surface area (Å²) in [5.74, 6) is 0.231. The third kappa shape index (κ3) is 1.24. The fraction of sp³-hybridized carbons (Fsp3) is 0.167. The van der Waals surface area contributed by atoms with Crippen molar-refractivity contribution in [1.82, 2.24) is 0 Å². The van der Waals surface area contributed by atoms with Crippen molar-refractivity contribution in [3.8, 4) is 0 Å². The van der Waals surface area contributed by atoms with Gasteiger partial charge in [-0.3, -0.25) is 4.79 Å². The number of carbonyl (C=O) groups excluding carboxylic acids is 1. The summed E-state index contributed by atoms with van der Waals surface area (Å²) in [4.78, 5) is 11.5. The van der Waals surface area contributed by atoms with E-state index in [1.807, 2.05) is 24.3 Å². The normalized spacial score (nSPS) is 15.1. The molecule has 1 aromatic carbocycles. The van der Waals surface area contributed by atoms with Gasteiger partial charge in [-0.05, 0) is 12.0 Å². The Morgan fingerprint density at radius 2 is 1.85 bits per heavy atom. The standard InChI is InChI=1S/C12H10O/c1-2-9-7-8-12(13)11-6-4-3-5-10(9)11/h3-6H,1,7-8H2. The lowest BCUT2D eigenvalue weighted by molar-refractivity contribution is 0.0981. The van der Waals surface area contributed by atoms with Crippen LogP contribution < -0.4 is 0 Å². The predicted octanol–water partition coefficient (Wildman–Crippen LogP) is 2.83. The van der Waals surface area contributed by atoms with E-state index in [0.29, 0.717) is 6.42 Å². The Balaban J connectivity index is 2.67. The average Bonchev–Trinajstić information content (AvgIpc) is 2.19. The quantitative estimate of drug-likeness (QED) is 0.547. The van der Waals surface area contributed by atoms with Gasteiger partial charge in [-0.15, -0.1) is 5.73 Å². The van der Waals surface area contributed by atoms with Gasteiger partial charge in [-0.2, -0.15) is 0 Å². The Hall–Kier alpha value is -1.59. The number of fused-ring (bicyclic) bond motifs is 1. The van der Waals surface area contributed by atoms with E-state index in [4.69, 9.17) is 0 Å². The lowest BCUT2D eigenvalue weighted by Crippen LogP contribution is -2.08. The second-order valence-corrected chi connectivity index (χ2v) is 3.12. The van der Waals surface area contributed by atoms with E-state index in [1.165, 1.54) is 0 Å². The van der Waals surface area contributed by atoms with Crippen LogP contribution in [-0.2, 0) is 0 Å². The molecule has 0 saturated heterocycles. The predicted molar refractivity (Wildman–Crippen MR) is 52.6 cm³/mol. The van der Waals surface area contributed by atoms with Crippen molar-refractivity contribution in [3.63, 3.8) is 0 Å². The molecule has 0 unspecified atom stereocenters. The van der Waals surface area contributed by atoms with Gasteiger partial charge in [0, 0.05) is 17.6 Å². The highest BCUT2D eigenvalue weighted by Crippen LogP contribution is 2.29. The number of hydrogen-bond acceptors (Lipinski definition) is 1. The monoisotopic (exact) mass is 170 g/mol. The highest BCUT2D eigenvalue weighted by Gasteiger charge is 2.19. The second kappa shape index (κ2) is 3.04. The Kier molecular flexibility index (Phi) is 1.88. The average molecular weight is 170 g/mol. The Labute approximate surface area is 77.4 Å². The van der Waals surface area contributed by atoms with Crippen molar-refractivity contribution in [3.05, 3.63) is 47.7 Å². The lowest BCUT2D eigenvalue weighted by Gasteiger charge is -2.15. The summed E-state index contributed by atoms with van der Waals surface area (Å²) >= 11 is 0. The van der Waals surface area contributed by atoms with Gasteiger partial charge in [0.15, 0.2) is 5.78 Å². The molecule has 0 atom stereocenters. The number of rotatable bonds is 0. The van der Waals surface area contributed by atoms with Crippen molar-refractivity contribution in [2.75, 3.05) is 0 Å². The van der Waals surface area contributed by atoms with Crippen LogP contribution in [0.2, 0.25) is 0 Å². The molecule has 1 nitrogen and oxygen atoms in total. The van der Waals surface area contributed by atoms with Crippen LogP contribution in [-0.4, -0.2) is 5.78 Å². The number of allylic oxidation sites excluding steroid dienone is 1. The zero-order valence-electron chi connectivity index (χ0n) is 7.34. The van der Waals surface area contributed by atoms with E-state index >= 15 is 0 Å². The Morgan fingerprint density at radius 3 is 2.54 bits per heavy atom. The maximum atomic E-state index is 11.5. The van der Waals surface area contributed by atoms with Crippen LogP contribution in [0, 0.1) is 0 Å². The van der Waals surface area contributed by atoms with Gasteiger partial charge in [-0.1, -0.05) is 30.8 Å². The molecular weight excluding hydrogens is 160 g/mol. The van der Waals surface area contributed by atoms with Gasteiger partial charge in [0.05, 0.1) is 0 Å². The van der Waals surface area contributed by atoms with Crippen LogP contribution in [0.1, 0.15) is 28.8 Å². The molecule has 0 spiro atoms. The summed E-state index contributed by atoms with van der Waals surface area (Å²) < 4.78 is 0. The largest absolute Gasteiger partial charge is 0.294 e. The molecule has 1 aliphatic rings. The second-order valence-electron chi connectivity index (χ2n) is 3.12. The van der Waals surface area contributed by atoms with Gasteiger partial charge < -0.3 is 0 Å². The third-order valence-corrected chi connectivity index (χ3v) is 2.37. The van der Waals surface area contributed by atoms with Crippen LogP contribution in [0.4, 0.5) is 0 Å². The first-order valence-corrected chi connectivity index (χ1v) is 4.34. The molecule has 0 N–H and O–H groups in total. The van der Waals surface area contributed by atoms with Gasteiger partial charge >= 0.3 is 0 Å². The fourth-order valence-corrected chi connectivity index (χ4v) is 1.68. The molecule has 0 aromatic heterocycles. The molecule has 2 rings (SSSR count). The van der Waals surface area contributed by atoms with Crippen molar-refractivity contribution in [2.24, 2.45) is 0 Å². The van der Waals surface area contributed by atoms with Gasteiger partial charge in [-0.25, -0.2) is 0 Å². The topological polar surface area (TPSA) is 17.1 Å². The van der Waals surface area contributed by atoms with Gasteiger partial charge in [0.2, 0.25) is 0 Å².